The van der Waals surface area contributed by atoms with Crippen molar-refractivity contribution in [2.75, 3.05) is 61.8 Å². The third-order valence-corrected chi connectivity index (χ3v) is 6.13. The summed E-state index contributed by atoms with van der Waals surface area (Å²) in [5.41, 5.74) is 8.51. The Morgan fingerprint density at radius 1 is 0.732 bits per heavy atom. The van der Waals surface area contributed by atoms with E-state index >= 15 is 0 Å². The maximum absolute atomic E-state index is 5.65. The van der Waals surface area contributed by atoms with Crippen LogP contribution in [0.25, 0.3) is 0 Å². The molecule has 3 aromatic carbocycles. The number of rotatable bonds is 16. The molecule has 0 atom stereocenters. The molecule has 0 unspecified atom stereocenters. The van der Waals surface area contributed by atoms with Gasteiger partial charge in [-0.1, -0.05) is 60.7 Å². The lowest BCUT2D eigenvalue weighted by atomic mass is 10.2. The highest BCUT2D eigenvalue weighted by Crippen LogP contribution is 2.35. The van der Waals surface area contributed by atoms with Crippen LogP contribution in [0.2, 0.25) is 0 Å². The van der Waals surface area contributed by atoms with Gasteiger partial charge in [-0.05, 0) is 23.3 Å². The van der Waals surface area contributed by atoms with Crippen LogP contribution in [-0.4, -0.2) is 61.3 Å². The smallest absolute Gasteiger partial charge is 0.233 e. The lowest BCUT2D eigenvalue weighted by molar-refractivity contribution is 0.0547. The van der Waals surface area contributed by atoms with Gasteiger partial charge >= 0.3 is 0 Å². The van der Waals surface area contributed by atoms with Crippen LogP contribution >= 0.6 is 0 Å². The molecule has 1 aromatic heterocycles. The van der Waals surface area contributed by atoms with Crippen molar-refractivity contribution in [2.24, 2.45) is 5.73 Å². The van der Waals surface area contributed by atoms with Gasteiger partial charge in [-0.15, -0.1) is 0 Å². The zero-order valence-electron chi connectivity index (χ0n) is 22.9. The Morgan fingerprint density at radius 2 is 1.39 bits per heavy atom. The molecule has 2 heterocycles. The van der Waals surface area contributed by atoms with Crippen LogP contribution in [-0.2, 0) is 22.6 Å². The number of nitrogens with one attached hydrogen (secondary N) is 2. The molecular formula is C30H35N7O4. The van der Waals surface area contributed by atoms with E-state index in [9.17, 15) is 0 Å². The van der Waals surface area contributed by atoms with Crippen LogP contribution in [0, 0.1) is 0 Å². The Hall–Kier alpha value is -4.45. The average Bonchev–Trinajstić information content (AvgIpc) is 3.47. The summed E-state index contributed by atoms with van der Waals surface area (Å²) in [6.45, 7) is 4.44. The van der Waals surface area contributed by atoms with Crippen LogP contribution < -0.4 is 30.7 Å². The van der Waals surface area contributed by atoms with Crippen molar-refractivity contribution in [3.05, 3.63) is 90.0 Å². The molecule has 11 nitrogen and oxygen atoms in total. The second-order valence-electron chi connectivity index (χ2n) is 9.24. The minimum atomic E-state index is 0.206. The molecule has 0 amide bonds. The van der Waals surface area contributed by atoms with Crippen molar-refractivity contribution in [3.8, 4) is 11.5 Å². The fourth-order valence-corrected chi connectivity index (χ4v) is 4.19. The Morgan fingerprint density at radius 3 is 2.10 bits per heavy atom. The second-order valence-corrected chi connectivity index (χ2v) is 9.24. The molecule has 1 aliphatic heterocycles. The van der Waals surface area contributed by atoms with Crippen LogP contribution in [0.3, 0.4) is 0 Å². The first kappa shape index (κ1) is 28.1. The number of nitrogens with zero attached hydrogens (tertiary/aromatic N) is 4. The van der Waals surface area contributed by atoms with E-state index in [0.29, 0.717) is 82.0 Å². The zero-order valence-corrected chi connectivity index (χ0v) is 22.9. The lowest BCUT2D eigenvalue weighted by Gasteiger charge is -2.24. The summed E-state index contributed by atoms with van der Waals surface area (Å²) in [5, 5.41) is 6.58. The molecule has 0 bridgehead atoms. The maximum atomic E-state index is 5.65. The van der Waals surface area contributed by atoms with Crippen molar-refractivity contribution >= 4 is 23.5 Å². The molecule has 0 saturated carbocycles. The van der Waals surface area contributed by atoms with Gasteiger partial charge in [-0.3, -0.25) is 0 Å². The van der Waals surface area contributed by atoms with E-state index in [4.69, 9.17) is 34.6 Å². The minimum absolute atomic E-state index is 0.206. The molecule has 0 spiro atoms. The average molecular weight is 558 g/mol. The minimum Gasteiger partial charge on any atom is -0.454 e. The van der Waals surface area contributed by atoms with Crippen molar-refractivity contribution < 1.29 is 18.9 Å². The van der Waals surface area contributed by atoms with Crippen molar-refractivity contribution in [1.82, 2.24) is 15.0 Å². The van der Waals surface area contributed by atoms with E-state index in [1.54, 1.807) is 0 Å². The summed E-state index contributed by atoms with van der Waals surface area (Å²) in [7, 11) is 0. The first-order valence-electron chi connectivity index (χ1n) is 13.6. The molecule has 0 aliphatic carbocycles. The fraction of sp³-hybridized carbons (Fsp3) is 0.300. The van der Waals surface area contributed by atoms with Gasteiger partial charge in [-0.2, -0.15) is 15.0 Å². The SMILES string of the molecule is NCCOCCOCCNc1nc(Nc2ccc3c(c2)OCO3)nc(N(Cc2ccccc2)Cc2ccccc2)n1. The predicted octanol–water partition coefficient (Wildman–Crippen LogP) is 3.95. The monoisotopic (exact) mass is 557 g/mol. The molecule has 5 rings (SSSR count). The van der Waals surface area contributed by atoms with E-state index in [2.05, 4.69) is 44.8 Å². The summed E-state index contributed by atoms with van der Waals surface area (Å²) in [6, 6.07) is 26.2. The summed E-state index contributed by atoms with van der Waals surface area (Å²) < 4.78 is 22.0. The summed E-state index contributed by atoms with van der Waals surface area (Å²) in [4.78, 5) is 16.4. The van der Waals surface area contributed by atoms with Gasteiger partial charge in [0.05, 0.1) is 26.4 Å². The van der Waals surface area contributed by atoms with Crippen LogP contribution in [0.4, 0.5) is 23.5 Å². The Balaban J connectivity index is 1.37. The Labute approximate surface area is 239 Å². The van der Waals surface area contributed by atoms with Gasteiger partial charge < -0.3 is 40.2 Å². The lowest BCUT2D eigenvalue weighted by Crippen LogP contribution is -2.25. The summed E-state index contributed by atoms with van der Waals surface area (Å²) in [6.07, 6.45) is 0. The van der Waals surface area contributed by atoms with E-state index in [0.717, 1.165) is 16.8 Å². The molecular weight excluding hydrogens is 522 g/mol. The van der Waals surface area contributed by atoms with Crippen molar-refractivity contribution in [2.45, 2.75) is 13.1 Å². The Bertz CT molecular complexity index is 1320. The van der Waals surface area contributed by atoms with Gasteiger partial charge in [0, 0.05) is 37.9 Å². The van der Waals surface area contributed by atoms with Crippen LogP contribution in [0.1, 0.15) is 11.1 Å². The summed E-state index contributed by atoms with van der Waals surface area (Å²) in [5.74, 6) is 2.75. The van der Waals surface area contributed by atoms with Gasteiger partial charge in [0.15, 0.2) is 11.5 Å². The normalized spacial score (nSPS) is 11.8. The molecule has 4 N–H and O–H groups in total. The first-order chi connectivity index (χ1) is 20.3. The van der Waals surface area contributed by atoms with Gasteiger partial charge in [0.2, 0.25) is 24.6 Å². The van der Waals surface area contributed by atoms with Crippen LogP contribution in [0.15, 0.2) is 78.9 Å². The molecule has 214 valence electrons. The molecule has 41 heavy (non-hydrogen) atoms. The van der Waals surface area contributed by atoms with Crippen LogP contribution in [0.5, 0.6) is 11.5 Å². The van der Waals surface area contributed by atoms with E-state index < -0.39 is 0 Å². The van der Waals surface area contributed by atoms with E-state index in [1.165, 1.54) is 0 Å². The maximum Gasteiger partial charge on any atom is 0.233 e. The first-order valence-corrected chi connectivity index (χ1v) is 13.6. The molecule has 4 aromatic rings. The van der Waals surface area contributed by atoms with Crippen molar-refractivity contribution in [1.29, 1.82) is 0 Å². The highest BCUT2D eigenvalue weighted by Gasteiger charge is 2.17. The predicted molar refractivity (Wildman–Crippen MR) is 158 cm³/mol. The third kappa shape index (κ3) is 8.52. The number of fused-ring (bicyclic) bond motifs is 1. The zero-order chi connectivity index (χ0) is 28.1. The van der Waals surface area contributed by atoms with Gasteiger partial charge in [-0.25, -0.2) is 0 Å². The van der Waals surface area contributed by atoms with Gasteiger partial charge in [0.25, 0.3) is 0 Å². The van der Waals surface area contributed by atoms with Gasteiger partial charge in [0.1, 0.15) is 0 Å². The number of aromatic nitrogens is 3. The standard InChI is InChI=1S/C30H35N7O4/c31-13-15-38-17-18-39-16-14-32-28-34-29(33-25-11-12-26-27(19-25)41-22-40-26)36-30(35-28)37(20-23-7-3-1-4-8-23)21-24-9-5-2-6-10-24/h1-12,19H,13-18,20-22,31H2,(H2,32,33,34,35,36). The molecule has 1 aliphatic rings. The Kier molecular flexibility index (Phi) is 10.1. The molecule has 0 fully saturated rings. The summed E-state index contributed by atoms with van der Waals surface area (Å²) >= 11 is 0. The van der Waals surface area contributed by atoms with Crippen molar-refractivity contribution in [3.63, 3.8) is 0 Å². The number of hydrogen-bond donors (Lipinski definition) is 3. The number of benzene rings is 3. The van der Waals surface area contributed by atoms with E-state index in [-0.39, 0.29) is 6.79 Å². The van der Waals surface area contributed by atoms with E-state index in [1.807, 2.05) is 54.6 Å². The molecule has 11 heteroatoms. The number of ether oxygens (including phenoxy) is 4. The number of anilines is 4. The number of nitrogens with two attached hydrogens (primary N) is 1. The molecule has 0 radical (unpaired) electrons. The quantitative estimate of drug-likeness (QED) is 0.173. The second kappa shape index (κ2) is 14.8. The molecule has 0 saturated heterocycles. The largest absolute Gasteiger partial charge is 0.454 e. The topological polar surface area (TPSA) is 129 Å². The number of hydrogen-bond acceptors (Lipinski definition) is 11. The highest BCUT2D eigenvalue weighted by atomic mass is 16.7. The fourth-order valence-electron chi connectivity index (χ4n) is 4.19. The highest BCUT2D eigenvalue weighted by molar-refractivity contribution is 5.61. The third-order valence-electron chi connectivity index (χ3n) is 6.13.